The molecule has 1 aromatic carbocycles. The number of phenolic OH excluding ortho intramolecular Hbond substituents is 1. The SMILES string of the molecule is Cc1cc(O)c2c(c1F)CCN(C(=O)OC(C)(C)C)C2. The summed E-state index contributed by atoms with van der Waals surface area (Å²) in [7, 11) is 0. The molecule has 0 saturated heterocycles. The summed E-state index contributed by atoms with van der Waals surface area (Å²) in [4.78, 5) is 13.5. The summed E-state index contributed by atoms with van der Waals surface area (Å²) in [6.07, 6.45) is -0.0566. The van der Waals surface area contributed by atoms with Gasteiger partial charge in [0.2, 0.25) is 0 Å². The van der Waals surface area contributed by atoms with Gasteiger partial charge >= 0.3 is 6.09 Å². The predicted octanol–water partition coefficient (Wildman–Crippen LogP) is 3.13. The van der Waals surface area contributed by atoms with E-state index in [2.05, 4.69) is 0 Å². The lowest BCUT2D eigenvalue weighted by Crippen LogP contribution is -2.40. The molecule has 0 atom stereocenters. The van der Waals surface area contributed by atoms with E-state index in [1.165, 1.54) is 11.0 Å². The highest BCUT2D eigenvalue weighted by molar-refractivity contribution is 5.69. The van der Waals surface area contributed by atoms with Crippen LogP contribution in [-0.4, -0.2) is 28.2 Å². The van der Waals surface area contributed by atoms with Crippen molar-refractivity contribution in [2.75, 3.05) is 6.54 Å². The van der Waals surface area contributed by atoms with Crippen molar-refractivity contribution in [3.8, 4) is 5.75 Å². The van der Waals surface area contributed by atoms with E-state index in [0.717, 1.165) is 0 Å². The molecule has 0 aromatic heterocycles. The number of nitrogens with zero attached hydrogens (tertiary/aromatic N) is 1. The lowest BCUT2D eigenvalue weighted by molar-refractivity contribution is 0.0221. The molecule has 1 aliphatic heterocycles. The van der Waals surface area contributed by atoms with Gasteiger partial charge in [-0.1, -0.05) is 0 Å². The number of aromatic hydroxyl groups is 1. The van der Waals surface area contributed by atoms with Crippen LogP contribution in [0.4, 0.5) is 9.18 Å². The van der Waals surface area contributed by atoms with Crippen molar-refractivity contribution in [2.24, 2.45) is 0 Å². The van der Waals surface area contributed by atoms with Crippen molar-refractivity contribution in [2.45, 2.75) is 46.3 Å². The van der Waals surface area contributed by atoms with Gasteiger partial charge in [-0.05, 0) is 51.3 Å². The Kier molecular flexibility index (Phi) is 3.63. The smallest absolute Gasteiger partial charge is 0.410 e. The number of phenols is 1. The summed E-state index contributed by atoms with van der Waals surface area (Å²) in [6.45, 7) is 7.57. The molecule has 5 heteroatoms. The van der Waals surface area contributed by atoms with Gasteiger partial charge in [-0.3, -0.25) is 0 Å². The second-order valence-corrected chi connectivity index (χ2v) is 6.14. The zero-order valence-electron chi connectivity index (χ0n) is 12.3. The Hall–Kier alpha value is -1.78. The summed E-state index contributed by atoms with van der Waals surface area (Å²) in [5, 5.41) is 9.95. The molecular weight excluding hydrogens is 261 g/mol. The van der Waals surface area contributed by atoms with Crippen LogP contribution < -0.4 is 0 Å². The summed E-state index contributed by atoms with van der Waals surface area (Å²) >= 11 is 0. The Morgan fingerprint density at radius 1 is 1.40 bits per heavy atom. The number of aryl methyl sites for hydroxylation is 1. The maximum absolute atomic E-state index is 14.0. The van der Waals surface area contributed by atoms with Crippen LogP contribution in [0.2, 0.25) is 0 Å². The monoisotopic (exact) mass is 281 g/mol. The summed E-state index contributed by atoms with van der Waals surface area (Å²) in [6, 6.07) is 1.40. The van der Waals surface area contributed by atoms with Crippen molar-refractivity contribution in [3.05, 3.63) is 28.6 Å². The summed E-state index contributed by atoms with van der Waals surface area (Å²) in [5.74, 6) is -0.256. The molecule has 1 heterocycles. The quantitative estimate of drug-likeness (QED) is 0.795. The van der Waals surface area contributed by atoms with E-state index in [0.29, 0.717) is 29.7 Å². The second kappa shape index (κ2) is 4.96. The molecule has 4 nitrogen and oxygen atoms in total. The van der Waals surface area contributed by atoms with Crippen LogP contribution in [0.5, 0.6) is 5.75 Å². The first-order valence-corrected chi connectivity index (χ1v) is 6.67. The average molecular weight is 281 g/mol. The number of carbonyl (C=O) groups is 1. The van der Waals surface area contributed by atoms with Crippen LogP contribution in [0, 0.1) is 12.7 Å². The Morgan fingerprint density at radius 2 is 2.05 bits per heavy atom. The van der Waals surface area contributed by atoms with E-state index in [4.69, 9.17) is 4.74 Å². The zero-order valence-corrected chi connectivity index (χ0v) is 12.3. The number of benzene rings is 1. The van der Waals surface area contributed by atoms with Crippen LogP contribution >= 0.6 is 0 Å². The topological polar surface area (TPSA) is 49.8 Å². The molecule has 0 fully saturated rings. The minimum absolute atomic E-state index is 0.0344. The van der Waals surface area contributed by atoms with Crippen molar-refractivity contribution in [1.82, 2.24) is 4.90 Å². The molecule has 20 heavy (non-hydrogen) atoms. The van der Waals surface area contributed by atoms with E-state index in [9.17, 15) is 14.3 Å². The Labute approximate surface area is 118 Å². The number of carbonyl (C=O) groups excluding carboxylic acids is 1. The number of fused-ring (bicyclic) bond motifs is 1. The molecule has 0 radical (unpaired) electrons. The summed E-state index contributed by atoms with van der Waals surface area (Å²) in [5.41, 5.74) is 0.831. The first-order chi connectivity index (χ1) is 9.19. The number of hydrogen-bond acceptors (Lipinski definition) is 3. The van der Waals surface area contributed by atoms with Gasteiger partial charge in [-0.2, -0.15) is 0 Å². The lowest BCUT2D eigenvalue weighted by Gasteiger charge is -2.31. The molecule has 0 spiro atoms. The number of ether oxygens (including phenoxy) is 1. The normalized spacial score (nSPS) is 14.9. The third-order valence-electron chi connectivity index (χ3n) is 3.27. The fraction of sp³-hybridized carbons (Fsp3) is 0.533. The van der Waals surface area contributed by atoms with Crippen LogP contribution in [0.15, 0.2) is 6.07 Å². The Bertz CT molecular complexity index is 549. The van der Waals surface area contributed by atoms with E-state index in [-0.39, 0.29) is 18.1 Å². The van der Waals surface area contributed by atoms with Gasteiger partial charge < -0.3 is 14.7 Å². The predicted molar refractivity (Wildman–Crippen MR) is 73.1 cm³/mol. The molecular formula is C15H20FNO3. The van der Waals surface area contributed by atoms with Gasteiger partial charge in [0.15, 0.2) is 0 Å². The first-order valence-electron chi connectivity index (χ1n) is 6.67. The van der Waals surface area contributed by atoms with Crippen LogP contribution in [-0.2, 0) is 17.7 Å². The summed E-state index contributed by atoms with van der Waals surface area (Å²) < 4.78 is 19.3. The number of rotatable bonds is 0. The van der Waals surface area contributed by atoms with Crippen LogP contribution in [0.1, 0.15) is 37.5 Å². The molecule has 1 aliphatic rings. The molecule has 110 valence electrons. The van der Waals surface area contributed by atoms with Gasteiger partial charge in [0.05, 0.1) is 6.54 Å². The molecule has 1 amide bonds. The van der Waals surface area contributed by atoms with Gasteiger partial charge in [0, 0.05) is 12.1 Å². The molecule has 2 rings (SSSR count). The van der Waals surface area contributed by atoms with Gasteiger partial charge in [-0.25, -0.2) is 9.18 Å². The fourth-order valence-electron chi connectivity index (χ4n) is 2.32. The molecule has 1 aromatic rings. The van der Waals surface area contributed by atoms with Crippen molar-refractivity contribution in [3.63, 3.8) is 0 Å². The Balaban J connectivity index is 2.24. The van der Waals surface area contributed by atoms with Crippen molar-refractivity contribution in [1.29, 1.82) is 0 Å². The van der Waals surface area contributed by atoms with Crippen molar-refractivity contribution < 1.29 is 19.0 Å². The molecule has 1 N–H and O–H groups in total. The number of hydrogen-bond donors (Lipinski definition) is 1. The molecule has 0 unspecified atom stereocenters. The van der Waals surface area contributed by atoms with E-state index < -0.39 is 11.7 Å². The number of halogens is 1. The van der Waals surface area contributed by atoms with E-state index in [1.54, 1.807) is 27.7 Å². The van der Waals surface area contributed by atoms with Gasteiger partial charge in [0.1, 0.15) is 17.2 Å². The highest BCUT2D eigenvalue weighted by atomic mass is 19.1. The van der Waals surface area contributed by atoms with Crippen molar-refractivity contribution >= 4 is 6.09 Å². The minimum atomic E-state index is -0.571. The largest absolute Gasteiger partial charge is 0.508 e. The molecule has 0 aliphatic carbocycles. The molecule has 0 saturated carbocycles. The standard InChI is InChI=1S/C15H20FNO3/c1-9-7-12(18)11-8-17(6-5-10(11)13(9)16)14(19)20-15(2,3)4/h7,18H,5-6,8H2,1-4H3. The van der Waals surface area contributed by atoms with Gasteiger partial charge in [-0.15, -0.1) is 0 Å². The molecule has 0 bridgehead atoms. The maximum atomic E-state index is 14.0. The lowest BCUT2D eigenvalue weighted by atomic mass is 9.96. The van der Waals surface area contributed by atoms with E-state index >= 15 is 0 Å². The van der Waals surface area contributed by atoms with Crippen LogP contribution in [0.3, 0.4) is 0 Å². The zero-order chi connectivity index (χ0) is 15.1. The minimum Gasteiger partial charge on any atom is -0.508 e. The maximum Gasteiger partial charge on any atom is 0.410 e. The first kappa shape index (κ1) is 14.6. The Morgan fingerprint density at radius 3 is 2.65 bits per heavy atom. The highest BCUT2D eigenvalue weighted by Crippen LogP contribution is 2.32. The highest BCUT2D eigenvalue weighted by Gasteiger charge is 2.29. The van der Waals surface area contributed by atoms with Crippen LogP contribution in [0.25, 0.3) is 0 Å². The fourth-order valence-corrected chi connectivity index (χ4v) is 2.32. The van der Waals surface area contributed by atoms with Gasteiger partial charge in [0.25, 0.3) is 0 Å². The average Bonchev–Trinajstić information content (AvgIpc) is 2.33. The number of amides is 1. The third kappa shape index (κ3) is 2.86. The second-order valence-electron chi connectivity index (χ2n) is 6.14. The van der Waals surface area contributed by atoms with E-state index in [1.807, 2.05) is 0 Å². The third-order valence-corrected chi connectivity index (χ3v) is 3.27.